The fourth-order valence-corrected chi connectivity index (χ4v) is 3.33. The average Bonchev–Trinajstić information content (AvgIpc) is 3.04. The molecule has 0 radical (unpaired) electrons. The van der Waals surface area contributed by atoms with E-state index in [9.17, 15) is 0 Å². The van der Waals surface area contributed by atoms with E-state index in [0.29, 0.717) is 6.04 Å². The fourth-order valence-electron chi connectivity index (χ4n) is 3.33. The van der Waals surface area contributed by atoms with Crippen LogP contribution in [0.25, 0.3) is 5.65 Å². The van der Waals surface area contributed by atoms with Gasteiger partial charge < -0.3 is 10.2 Å². The molecule has 1 saturated heterocycles. The maximum Gasteiger partial charge on any atom is 0.157 e. The maximum atomic E-state index is 4.66. The Morgan fingerprint density at radius 3 is 2.79 bits per heavy atom. The Morgan fingerprint density at radius 1 is 1.25 bits per heavy atom. The van der Waals surface area contributed by atoms with Crippen molar-refractivity contribution in [1.82, 2.24) is 24.4 Å². The normalized spacial score (nSPS) is 18.1. The number of hydrogen-bond donors (Lipinski definition) is 1. The van der Waals surface area contributed by atoms with Crippen LogP contribution in [-0.4, -0.2) is 70.2 Å². The molecule has 0 aromatic carbocycles. The summed E-state index contributed by atoms with van der Waals surface area (Å²) < 4.78 is 1.90. The first-order valence-electron chi connectivity index (χ1n) is 9.17. The van der Waals surface area contributed by atoms with E-state index in [2.05, 4.69) is 52.2 Å². The molecule has 2 aromatic rings. The zero-order valence-corrected chi connectivity index (χ0v) is 15.2. The molecule has 0 aliphatic carbocycles. The number of nitrogens with one attached hydrogen (secondary N) is 1. The minimum atomic E-state index is 0.608. The van der Waals surface area contributed by atoms with Gasteiger partial charge in [-0.1, -0.05) is 13.3 Å². The summed E-state index contributed by atoms with van der Waals surface area (Å²) in [7, 11) is 2.20. The van der Waals surface area contributed by atoms with Gasteiger partial charge in [0, 0.05) is 56.6 Å². The van der Waals surface area contributed by atoms with Crippen LogP contribution < -0.4 is 5.32 Å². The standard InChI is InChI=1S/C18H30N6/c1-4-5-16-14-18(24-17(21-16)7-9-20-24)19-8-6-15(2)23-12-10-22(3)11-13-23/h7,9,14-15,19H,4-6,8,10-13H2,1-3H3. The number of nitrogens with zero attached hydrogens (tertiary/aromatic N) is 5. The van der Waals surface area contributed by atoms with Gasteiger partial charge in [-0.2, -0.15) is 9.61 Å². The summed E-state index contributed by atoms with van der Waals surface area (Å²) in [6, 6.07) is 4.72. The Morgan fingerprint density at radius 2 is 2.04 bits per heavy atom. The van der Waals surface area contributed by atoms with Gasteiger partial charge in [0.05, 0.1) is 6.20 Å². The van der Waals surface area contributed by atoms with Crippen LogP contribution in [0.5, 0.6) is 0 Å². The Hall–Kier alpha value is -1.66. The lowest BCUT2D eigenvalue weighted by Crippen LogP contribution is -2.48. The summed E-state index contributed by atoms with van der Waals surface area (Å²) in [6.45, 7) is 10.2. The summed E-state index contributed by atoms with van der Waals surface area (Å²) in [6.07, 6.45) is 5.07. The van der Waals surface area contributed by atoms with Crippen LogP contribution in [0.2, 0.25) is 0 Å². The molecule has 1 aliphatic rings. The van der Waals surface area contributed by atoms with E-state index in [1.54, 1.807) is 0 Å². The summed E-state index contributed by atoms with van der Waals surface area (Å²) in [5, 5.41) is 7.97. The van der Waals surface area contributed by atoms with Gasteiger partial charge in [0.25, 0.3) is 0 Å². The van der Waals surface area contributed by atoms with E-state index < -0.39 is 0 Å². The van der Waals surface area contributed by atoms with Crippen LogP contribution in [0.3, 0.4) is 0 Å². The Balaban J connectivity index is 1.58. The number of likely N-dealkylation sites (N-methyl/N-ethyl adjacent to an activating group) is 1. The molecule has 1 fully saturated rings. The van der Waals surface area contributed by atoms with Crippen LogP contribution >= 0.6 is 0 Å². The number of aryl methyl sites for hydroxylation is 1. The van der Waals surface area contributed by atoms with Crippen LogP contribution in [0.1, 0.15) is 32.4 Å². The molecule has 0 spiro atoms. The monoisotopic (exact) mass is 330 g/mol. The summed E-state index contributed by atoms with van der Waals surface area (Å²) >= 11 is 0. The predicted molar refractivity (Wildman–Crippen MR) is 98.6 cm³/mol. The van der Waals surface area contributed by atoms with Gasteiger partial charge in [0.15, 0.2) is 5.65 Å². The highest BCUT2D eigenvalue weighted by Gasteiger charge is 2.18. The summed E-state index contributed by atoms with van der Waals surface area (Å²) in [5.41, 5.74) is 2.07. The number of rotatable bonds is 7. The Bertz CT molecular complexity index is 644. The summed E-state index contributed by atoms with van der Waals surface area (Å²) in [4.78, 5) is 9.66. The molecule has 6 nitrogen and oxygen atoms in total. The quantitative estimate of drug-likeness (QED) is 0.843. The molecule has 0 amide bonds. The topological polar surface area (TPSA) is 48.7 Å². The maximum absolute atomic E-state index is 4.66. The third-order valence-corrected chi connectivity index (χ3v) is 4.95. The molecule has 3 heterocycles. The lowest BCUT2D eigenvalue weighted by molar-refractivity contribution is 0.116. The predicted octanol–water partition coefficient (Wildman–Crippen LogP) is 2.12. The third-order valence-electron chi connectivity index (χ3n) is 4.95. The van der Waals surface area contributed by atoms with Crippen molar-refractivity contribution in [2.24, 2.45) is 0 Å². The van der Waals surface area contributed by atoms with E-state index >= 15 is 0 Å². The smallest absolute Gasteiger partial charge is 0.157 e. The Labute approximate surface area is 144 Å². The zero-order chi connectivity index (χ0) is 16.9. The van der Waals surface area contributed by atoms with E-state index in [1.165, 1.54) is 26.2 Å². The number of aromatic nitrogens is 3. The second-order valence-corrected chi connectivity index (χ2v) is 6.89. The molecule has 1 unspecified atom stereocenters. The van der Waals surface area contributed by atoms with Crippen molar-refractivity contribution in [3.63, 3.8) is 0 Å². The minimum absolute atomic E-state index is 0.608. The van der Waals surface area contributed by atoms with Gasteiger partial charge >= 0.3 is 0 Å². The van der Waals surface area contributed by atoms with Crippen molar-refractivity contribution in [1.29, 1.82) is 0 Å². The largest absolute Gasteiger partial charge is 0.370 e. The molecule has 132 valence electrons. The van der Waals surface area contributed by atoms with Crippen molar-refractivity contribution in [2.45, 2.75) is 39.2 Å². The molecule has 1 aliphatic heterocycles. The van der Waals surface area contributed by atoms with Gasteiger partial charge in [0.1, 0.15) is 5.82 Å². The van der Waals surface area contributed by atoms with Gasteiger partial charge in [0.2, 0.25) is 0 Å². The minimum Gasteiger partial charge on any atom is -0.370 e. The van der Waals surface area contributed by atoms with Crippen molar-refractivity contribution in [3.8, 4) is 0 Å². The van der Waals surface area contributed by atoms with Crippen molar-refractivity contribution < 1.29 is 0 Å². The second kappa shape index (κ2) is 7.94. The third kappa shape index (κ3) is 4.05. The molecular formula is C18H30N6. The molecule has 1 atom stereocenters. The lowest BCUT2D eigenvalue weighted by atomic mass is 10.1. The number of hydrogen-bond acceptors (Lipinski definition) is 5. The average molecular weight is 330 g/mol. The van der Waals surface area contributed by atoms with Crippen molar-refractivity contribution in [3.05, 3.63) is 24.0 Å². The van der Waals surface area contributed by atoms with Crippen LogP contribution in [0.4, 0.5) is 5.82 Å². The van der Waals surface area contributed by atoms with Crippen molar-refractivity contribution >= 4 is 11.5 Å². The second-order valence-electron chi connectivity index (χ2n) is 6.89. The van der Waals surface area contributed by atoms with Gasteiger partial charge in [-0.05, 0) is 26.8 Å². The highest BCUT2D eigenvalue weighted by Crippen LogP contribution is 2.14. The first-order chi connectivity index (χ1) is 11.7. The highest BCUT2D eigenvalue weighted by atomic mass is 15.3. The molecule has 0 saturated carbocycles. The van der Waals surface area contributed by atoms with Crippen LogP contribution in [-0.2, 0) is 6.42 Å². The van der Waals surface area contributed by atoms with E-state index in [4.69, 9.17) is 0 Å². The molecule has 1 N–H and O–H groups in total. The van der Waals surface area contributed by atoms with Crippen LogP contribution in [0, 0.1) is 0 Å². The fraction of sp³-hybridized carbons (Fsp3) is 0.667. The molecule has 2 aromatic heterocycles. The SMILES string of the molecule is CCCc1cc(NCCC(C)N2CCN(C)CC2)n2nccc2n1. The van der Waals surface area contributed by atoms with Crippen LogP contribution in [0.15, 0.2) is 18.3 Å². The Kier molecular flexibility index (Phi) is 5.68. The van der Waals surface area contributed by atoms with E-state index in [1.807, 2.05) is 16.8 Å². The van der Waals surface area contributed by atoms with Gasteiger partial charge in [-0.3, -0.25) is 4.90 Å². The number of fused-ring (bicyclic) bond motifs is 1. The van der Waals surface area contributed by atoms with E-state index in [-0.39, 0.29) is 0 Å². The highest BCUT2D eigenvalue weighted by molar-refractivity contribution is 5.49. The number of piperazine rings is 1. The zero-order valence-electron chi connectivity index (χ0n) is 15.2. The molecule has 6 heteroatoms. The molecular weight excluding hydrogens is 300 g/mol. The molecule has 3 rings (SSSR count). The number of anilines is 1. The first-order valence-corrected chi connectivity index (χ1v) is 9.17. The van der Waals surface area contributed by atoms with Gasteiger partial charge in [-0.15, -0.1) is 0 Å². The van der Waals surface area contributed by atoms with E-state index in [0.717, 1.165) is 43.0 Å². The lowest BCUT2D eigenvalue weighted by Gasteiger charge is -2.36. The van der Waals surface area contributed by atoms with Gasteiger partial charge in [-0.25, -0.2) is 4.98 Å². The van der Waals surface area contributed by atoms with Crippen molar-refractivity contribution in [2.75, 3.05) is 45.1 Å². The molecule has 0 bridgehead atoms. The molecule has 24 heavy (non-hydrogen) atoms. The summed E-state index contributed by atoms with van der Waals surface area (Å²) in [5.74, 6) is 1.05. The first kappa shape index (κ1) is 17.2.